The molecular formula is C32H76N12. The zero-order valence-corrected chi connectivity index (χ0v) is 29.9. The van der Waals surface area contributed by atoms with Gasteiger partial charge in [0, 0.05) is 147 Å². The third-order valence-electron chi connectivity index (χ3n) is 10.0. The van der Waals surface area contributed by atoms with E-state index in [-0.39, 0.29) is 18.1 Å². The van der Waals surface area contributed by atoms with Gasteiger partial charge < -0.3 is 39.3 Å². The molecule has 12 N–H and O–H groups in total. The lowest BCUT2D eigenvalue weighted by Gasteiger charge is -2.42. The summed E-state index contributed by atoms with van der Waals surface area (Å²) in [5, 5.41) is 0. The summed E-state index contributed by atoms with van der Waals surface area (Å²) in [7, 11) is 0. The van der Waals surface area contributed by atoms with Gasteiger partial charge in [-0.15, -0.1) is 0 Å². The third-order valence-corrected chi connectivity index (χ3v) is 10.0. The number of piperazine rings is 3. The van der Waals surface area contributed by atoms with Crippen LogP contribution >= 0.6 is 0 Å². The first kappa shape index (κ1) is 41.5. The Labute approximate surface area is 272 Å². The Morgan fingerprint density at radius 3 is 0.909 bits per heavy atom. The average Bonchev–Trinajstić information content (AvgIpc) is 3.01. The van der Waals surface area contributed by atoms with Crippen LogP contribution in [0.5, 0.6) is 0 Å². The van der Waals surface area contributed by atoms with Crippen LogP contribution in [0.2, 0.25) is 0 Å². The van der Waals surface area contributed by atoms with Gasteiger partial charge in [0.05, 0.1) is 0 Å². The molecule has 0 aromatic carbocycles. The van der Waals surface area contributed by atoms with Gasteiger partial charge in [0.25, 0.3) is 0 Å². The number of nitrogens with two attached hydrogens (primary N) is 6. The normalized spacial score (nSPS) is 25.0. The molecule has 0 saturated carbocycles. The highest BCUT2D eigenvalue weighted by atomic mass is 15.3. The SMILES string of the molecule is CC(N)C(C)N1CCN(C(C)C(C)N)CC1.CC(N)C(C)N1CCN(CCN)CC1.CC(N)CCN1CCN(CCN)CC1. The van der Waals surface area contributed by atoms with Crippen LogP contribution in [0, 0.1) is 0 Å². The van der Waals surface area contributed by atoms with Gasteiger partial charge >= 0.3 is 0 Å². The second kappa shape index (κ2) is 22.9. The Hall–Kier alpha value is -0.480. The maximum atomic E-state index is 5.93. The molecule has 0 radical (unpaired) electrons. The topological polar surface area (TPSA) is 176 Å². The molecule has 0 aromatic heterocycles. The van der Waals surface area contributed by atoms with E-state index < -0.39 is 0 Å². The first-order chi connectivity index (χ1) is 20.8. The van der Waals surface area contributed by atoms with Gasteiger partial charge in [-0.25, -0.2) is 0 Å². The molecule has 3 aliphatic heterocycles. The van der Waals surface area contributed by atoms with Gasteiger partial charge in [-0.05, 0) is 61.4 Å². The minimum absolute atomic E-state index is 0.248. The molecule has 44 heavy (non-hydrogen) atoms. The Kier molecular flexibility index (Phi) is 21.7. The smallest absolute Gasteiger partial charge is 0.0217 e. The van der Waals surface area contributed by atoms with E-state index in [1.807, 2.05) is 0 Å². The second-order valence-corrected chi connectivity index (χ2v) is 13.8. The summed E-state index contributed by atoms with van der Waals surface area (Å²) in [6, 6.07) is 2.54. The minimum Gasteiger partial charge on any atom is -0.329 e. The number of hydrogen-bond donors (Lipinski definition) is 6. The van der Waals surface area contributed by atoms with Crippen molar-refractivity contribution in [3.63, 3.8) is 0 Å². The van der Waals surface area contributed by atoms with E-state index in [4.69, 9.17) is 34.4 Å². The van der Waals surface area contributed by atoms with Crippen LogP contribution in [0.15, 0.2) is 0 Å². The van der Waals surface area contributed by atoms with Crippen molar-refractivity contribution in [2.45, 2.75) is 97.2 Å². The van der Waals surface area contributed by atoms with Crippen molar-refractivity contribution in [2.75, 3.05) is 111 Å². The van der Waals surface area contributed by atoms with E-state index in [0.29, 0.717) is 24.2 Å². The molecule has 7 atom stereocenters. The zero-order chi connectivity index (χ0) is 33.2. The summed E-state index contributed by atoms with van der Waals surface area (Å²) >= 11 is 0. The lowest BCUT2D eigenvalue weighted by molar-refractivity contribution is 0.0668. The van der Waals surface area contributed by atoms with Crippen molar-refractivity contribution < 1.29 is 0 Å². The van der Waals surface area contributed by atoms with Gasteiger partial charge in [0.1, 0.15) is 0 Å². The zero-order valence-electron chi connectivity index (χ0n) is 29.9. The van der Waals surface area contributed by atoms with E-state index in [1.165, 1.54) is 13.1 Å². The molecule has 0 amide bonds. The Bertz CT molecular complexity index is 648. The Balaban J connectivity index is 0.000000331. The molecule has 3 saturated heterocycles. The van der Waals surface area contributed by atoms with Crippen LogP contribution in [0.25, 0.3) is 0 Å². The Morgan fingerprint density at radius 2 is 0.659 bits per heavy atom. The molecule has 12 heteroatoms. The standard InChI is InChI=1S/C12H28N4.2C10H24N4/c1-9(13)11(3)15-5-7-16(8-6-15)12(4)10(2)14;1-9(12)10(2)14-7-5-13(4-3-11)6-8-14;1-10(12)2-4-13-6-8-14(5-3-11)9-7-13/h9-12H,5-8,13-14H2,1-4H3;9-10H,3-8,11-12H2,1-2H3;10H,2-9,11-12H2,1H3. The van der Waals surface area contributed by atoms with E-state index in [0.717, 1.165) is 105 Å². The fourth-order valence-corrected chi connectivity index (χ4v) is 5.93. The van der Waals surface area contributed by atoms with Crippen molar-refractivity contribution in [2.24, 2.45) is 34.4 Å². The molecule has 7 unspecified atom stereocenters. The van der Waals surface area contributed by atoms with Gasteiger partial charge in [-0.3, -0.25) is 24.5 Å². The molecule has 3 fully saturated rings. The van der Waals surface area contributed by atoms with Crippen molar-refractivity contribution in [3.8, 4) is 0 Å². The van der Waals surface area contributed by atoms with Crippen LogP contribution < -0.4 is 34.4 Å². The number of nitrogens with zero attached hydrogens (tertiary/aromatic N) is 6. The van der Waals surface area contributed by atoms with E-state index in [1.54, 1.807) is 0 Å². The molecule has 0 bridgehead atoms. The first-order valence-electron chi connectivity index (χ1n) is 17.6. The van der Waals surface area contributed by atoms with Crippen LogP contribution in [-0.4, -0.2) is 183 Å². The van der Waals surface area contributed by atoms with Gasteiger partial charge in [0.15, 0.2) is 0 Å². The van der Waals surface area contributed by atoms with Crippen molar-refractivity contribution in [3.05, 3.63) is 0 Å². The lowest BCUT2D eigenvalue weighted by atomic mass is 10.1. The minimum atomic E-state index is 0.248. The summed E-state index contributed by atoms with van der Waals surface area (Å²) in [4.78, 5) is 14.8. The predicted molar refractivity (Wildman–Crippen MR) is 190 cm³/mol. The number of rotatable bonds is 13. The molecule has 3 heterocycles. The molecule has 3 aliphatic rings. The fraction of sp³-hybridized carbons (Fsp3) is 1.00. The summed E-state index contributed by atoms with van der Waals surface area (Å²) in [6.45, 7) is 33.4. The molecule has 264 valence electrons. The monoisotopic (exact) mass is 629 g/mol. The van der Waals surface area contributed by atoms with E-state index >= 15 is 0 Å². The van der Waals surface area contributed by atoms with Gasteiger partial charge in [0.2, 0.25) is 0 Å². The maximum absolute atomic E-state index is 5.93. The molecule has 0 aromatic rings. The molecular weight excluding hydrogens is 552 g/mol. The molecule has 0 spiro atoms. The highest BCUT2D eigenvalue weighted by Crippen LogP contribution is 2.12. The number of hydrogen-bond acceptors (Lipinski definition) is 12. The van der Waals surface area contributed by atoms with Crippen LogP contribution in [-0.2, 0) is 0 Å². The first-order valence-corrected chi connectivity index (χ1v) is 17.6. The van der Waals surface area contributed by atoms with Crippen molar-refractivity contribution in [1.82, 2.24) is 29.4 Å². The Morgan fingerprint density at radius 1 is 0.409 bits per heavy atom. The fourth-order valence-electron chi connectivity index (χ4n) is 5.93. The quantitative estimate of drug-likeness (QED) is 0.142. The van der Waals surface area contributed by atoms with Crippen LogP contribution in [0.4, 0.5) is 0 Å². The highest BCUT2D eigenvalue weighted by molar-refractivity contribution is 4.85. The summed E-state index contributed by atoms with van der Waals surface area (Å²) < 4.78 is 0. The molecule has 3 rings (SSSR count). The lowest BCUT2D eigenvalue weighted by Crippen LogP contribution is -2.57. The van der Waals surface area contributed by atoms with E-state index in [2.05, 4.69) is 77.9 Å². The summed E-state index contributed by atoms with van der Waals surface area (Å²) in [5.74, 6) is 0. The average molecular weight is 629 g/mol. The van der Waals surface area contributed by atoms with Crippen molar-refractivity contribution in [1.29, 1.82) is 0 Å². The largest absolute Gasteiger partial charge is 0.329 e. The molecule has 12 nitrogen and oxygen atoms in total. The van der Waals surface area contributed by atoms with Crippen LogP contribution in [0.1, 0.15) is 54.9 Å². The third kappa shape index (κ3) is 16.4. The van der Waals surface area contributed by atoms with Crippen molar-refractivity contribution >= 4 is 0 Å². The maximum Gasteiger partial charge on any atom is 0.0217 e. The second-order valence-electron chi connectivity index (χ2n) is 13.8. The van der Waals surface area contributed by atoms with Crippen LogP contribution in [0.3, 0.4) is 0 Å². The summed E-state index contributed by atoms with van der Waals surface area (Å²) in [6.07, 6.45) is 1.11. The predicted octanol–water partition coefficient (Wildman–Crippen LogP) is -1.33. The summed E-state index contributed by atoms with van der Waals surface area (Å²) in [5.41, 5.74) is 34.5. The highest BCUT2D eigenvalue weighted by Gasteiger charge is 2.26. The molecule has 0 aliphatic carbocycles. The van der Waals surface area contributed by atoms with E-state index in [9.17, 15) is 0 Å². The van der Waals surface area contributed by atoms with Gasteiger partial charge in [-0.1, -0.05) is 0 Å². The van der Waals surface area contributed by atoms with Gasteiger partial charge in [-0.2, -0.15) is 0 Å².